The zero-order valence-electron chi connectivity index (χ0n) is 2.36. The predicted octanol–water partition coefficient (Wildman–Crippen LogP) is -1.92. The van der Waals surface area contributed by atoms with Gasteiger partial charge in [-0.25, -0.2) is 0 Å². The van der Waals surface area contributed by atoms with Crippen LogP contribution in [0.3, 0.4) is 0 Å². The molecule has 0 bridgehead atoms. The number of hydrogen-bond donors (Lipinski definition) is 2. The Labute approximate surface area is 81.9 Å². The minimum atomic E-state index is 0. The van der Waals surface area contributed by atoms with E-state index in [1.165, 1.54) is 0 Å². The summed E-state index contributed by atoms with van der Waals surface area (Å²) in [5, 5.41) is 0. The van der Waals surface area contributed by atoms with Crippen molar-refractivity contribution in [3.63, 3.8) is 0 Å². The van der Waals surface area contributed by atoms with Crippen LogP contribution in [0, 0.1) is 0 Å². The first-order chi connectivity index (χ1) is 1.73. The van der Waals surface area contributed by atoms with Gasteiger partial charge < -0.3 is 11.5 Å². The molecule has 0 radical (unpaired) electrons. The summed E-state index contributed by atoms with van der Waals surface area (Å²) >= 11 is 0. The molecule has 0 aliphatic carbocycles. The van der Waals surface area contributed by atoms with Crippen LogP contribution in [0.5, 0.6) is 0 Å². The van der Waals surface area contributed by atoms with Crippen molar-refractivity contribution in [2.24, 2.45) is 11.5 Å². The first kappa shape index (κ1) is 15.7. The molecule has 0 aliphatic heterocycles. The SMILES string of the molecule is C=C(N)N.[NaH].[NaH]. The van der Waals surface area contributed by atoms with Gasteiger partial charge in [-0.2, -0.15) is 0 Å². The van der Waals surface area contributed by atoms with Crippen molar-refractivity contribution in [3.05, 3.63) is 12.4 Å². The molecule has 0 aliphatic rings. The molecule has 0 spiro atoms. The fourth-order valence-electron chi connectivity index (χ4n) is 0. The van der Waals surface area contributed by atoms with E-state index in [0.717, 1.165) is 0 Å². The van der Waals surface area contributed by atoms with Crippen LogP contribution in [0.1, 0.15) is 0 Å². The zero-order valence-corrected chi connectivity index (χ0v) is 2.36. The van der Waals surface area contributed by atoms with E-state index >= 15 is 0 Å². The van der Waals surface area contributed by atoms with Crippen LogP contribution in [0.4, 0.5) is 0 Å². The Kier molecular flexibility index (Phi) is 25.1. The third-order valence-corrected chi connectivity index (χ3v) is 0. The molecule has 0 saturated carbocycles. The molecule has 0 amide bonds. The monoisotopic (exact) mass is 106 g/mol. The van der Waals surface area contributed by atoms with Crippen LogP contribution in [0.2, 0.25) is 0 Å². The van der Waals surface area contributed by atoms with Crippen molar-refractivity contribution in [2.75, 3.05) is 0 Å². The quantitative estimate of drug-likeness (QED) is 0.354. The van der Waals surface area contributed by atoms with E-state index < -0.39 is 0 Å². The van der Waals surface area contributed by atoms with Crippen molar-refractivity contribution in [1.29, 1.82) is 0 Å². The Morgan fingerprint density at radius 3 is 1.17 bits per heavy atom. The van der Waals surface area contributed by atoms with E-state index in [1.807, 2.05) is 0 Å². The second-order valence-corrected chi connectivity index (χ2v) is 0.575. The van der Waals surface area contributed by atoms with Crippen molar-refractivity contribution < 1.29 is 0 Å². The molecule has 0 saturated heterocycles. The topological polar surface area (TPSA) is 52.0 Å². The average Bonchev–Trinajstić information content (AvgIpc) is 0.811. The molecular weight excluding hydrogens is 98.0 g/mol. The third kappa shape index (κ3) is 56.0. The van der Waals surface area contributed by atoms with E-state index in [-0.39, 0.29) is 64.9 Å². The molecule has 0 aromatic rings. The molecule has 4 N–H and O–H groups in total. The molecule has 28 valence electrons. The third-order valence-electron chi connectivity index (χ3n) is 0. The number of hydrogen-bond acceptors (Lipinski definition) is 2. The molecule has 2 nitrogen and oxygen atoms in total. The number of rotatable bonds is 0. The number of nitrogens with two attached hydrogens (primary N) is 2. The second kappa shape index (κ2) is 9.60. The molecule has 4 heteroatoms. The van der Waals surface area contributed by atoms with Gasteiger partial charge in [0, 0.05) is 0 Å². The fraction of sp³-hybridized carbons (Fsp3) is 0. The zero-order chi connectivity index (χ0) is 3.58. The van der Waals surface area contributed by atoms with E-state index in [2.05, 4.69) is 6.58 Å². The normalized spacial score (nSPS) is 4.00. The average molecular weight is 106 g/mol. The molecule has 0 rings (SSSR count). The first-order valence-electron chi connectivity index (χ1n) is 0.931. The summed E-state index contributed by atoms with van der Waals surface area (Å²) in [6, 6.07) is 0. The van der Waals surface area contributed by atoms with E-state index in [0.29, 0.717) is 0 Å². The van der Waals surface area contributed by atoms with Crippen LogP contribution in [0.15, 0.2) is 12.4 Å². The molecule has 6 heavy (non-hydrogen) atoms. The molecule has 0 heterocycles. The van der Waals surface area contributed by atoms with Crippen LogP contribution in [0.25, 0.3) is 0 Å². The Balaban J connectivity index is -0.0000000450. The van der Waals surface area contributed by atoms with Gasteiger partial charge in [-0.05, 0) is 0 Å². The van der Waals surface area contributed by atoms with Gasteiger partial charge in [-0.1, -0.05) is 6.58 Å². The fourth-order valence-corrected chi connectivity index (χ4v) is 0. The molecular formula is C2H8N2Na2. The van der Waals surface area contributed by atoms with Crippen molar-refractivity contribution >= 4 is 59.1 Å². The molecule has 0 aromatic heterocycles. The standard InChI is InChI=1S/C2H6N2.2Na.2H/c1-2(3)4;;;;/h1,3-4H2;;;;. The maximum atomic E-state index is 4.69. The first-order valence-corrected chi connectivity index (χ1v) is 0.931. The Morgan fingerprint density at radius 1 is 1.17 bits per heavy atom. The molecule has 0 unspecified atom stereocenters. The van der Waals surface area contributed by atoms with Crippen LogP contribution < -0.4 is 11.5 Å². The maximum absolute atomic E-state index is 4.69. The summed E-state index contributed by atoms with van der Waals surface area (Å²) in [6.45, 7) is 3.11. The van der Waals surface area contributed by atoms with Crippen molar-refractivity contribution in [2.45, 2.75) is 0 Å². The van der Waals surface area contributed by atoms with Crippen LogP contribution >= 0.6 is 0 Å². The summed E-state index contributed by atoms with van der Waals surface area (Å²) in [5.74, 6) is 0.167. The van der Waals surface area contributed by atoms with Gasteiger partial charge in [-0.15, -0.1) is 0 Å². The Morgan fingerprint density at radius 2 is 1.17 bits per heavy atom. The van der Waals surface area contributed by atoms with E-state index in [4.69, 9.17) is 11.5 Å². The van der Waals surface area contributed by atoms with Gasteiger partial charge in [0.05, 0.1) is 5.82 Å². The van der Waals surface area contributed by atoms with E-state index in [9.17, 15) is 0 Å². The van der Waals surface area contributed by atoms with Gasteiger partial charge in [0.15, 0.2) is 0 Å². The summed E-state index contributed by atoms with van der Waals surface area (Å²) in [6.07, 6.45) is 0. The van der Waals surface area contributed by atoms with Crippen LogP contribution in [-0.4, -0.2) is 59.1 Å². The summed E-state index contributed by atoms with van der Waals surface area (Å²) in [4.78, 5) is 0. The Bertz CT molecular complexity index is 32.5. The molecule has 0 atom stereocenters. The van der Waals surface area contributed by atoms with Gasteiger partial charge in [0.2, 0.25) is 0 Å². The second-order valence-electron chi connectivity index (χ2n) is 0.575. The summed E-state index contributed by atoms with van der Waals surface area (Å²) < 4.78 is 0. The van der Waals surface area contributed by atoms with Crippen molar-refractivity contribution in [1.82, 2.24) is 0 Å². The van der Waals surface area contributed by atoms with Crippen molar-refractivity contribution in [3.8, 4) is 0 Å². The summed E-state index contributed by atoms with van der Waals surface area (Å²) in [7, 11) is 0. The van der Waals surface area contributed by atoms with Gasteiger partial charge in [-0.3, -0.25) is 0 Å². The Hall–Kier alpha value is 1.34. The van der Waals surface area contributed by atoms with E-state index in [1.54, 1.807) is 0 Å². The minimum absolute atomic E-state index is 0. The van der Waals surface area contributed by atoms with Gasteiger partial charge in [0.25, 0.3) is 0 Å². The van der Waals surface area contributed by atoms with Gasteiger partial charge in [0.1, 0.15) is 0 Å². The predicted molar refractivity (Wildman–Crippen MR) is 31.8 cm³/mol. The summed E-state index contributed by atoms with van der Waals surface area (Å²) in [5.41, 5.74) is 9.39. The van der Waals surface area contributed by atoms with Gasteiger partial charge >= 0.3 is 59.1 Å². The molecule has 0 aromatic carbocycles. The molecule has 0 fully saturated rings. The van der Waals surface area contributed by atoms with Crippen LogP contribution in [-0.2, 0) is 0 Å².